The molecule has 0 aliphatic rings. The molecule has 0 aromatic heterocycles. The van der Waals surface area contributed by atoms with E-state index in [9.17, 15) is 18.4 Å². The van der Waals surface area contributed by atoms with Crippen LogP contribution >= 0.6 is 11.8 Å². The number of carboxylic acids is 1. The molecule has 0 aliphatic carbocycles. The number of carbonyl (C=O) groups excluding carboxylic acids is 1. The van der Waals surface area contributed by atoms with Crippen LogP contribution in [0.2, 0.25) is 0 Å². The fraction of sp³-hybridized carbons (Fsp3) is 0.429. The number of rotatable bonds is 7. The minimum absolute atomic E-state index is 0.0445. The molecule has 1 atom stereocenters. The molecule has 1 aromatic rings. The van der Waals surface area contributed by atoms with Gasteiger partial charge in [0, 0.05) is 17.5 Å². The van der Waals surface area contributed by atoms with E-state index in [0.717, 1.165) is 23.9 Å². The average molecular weight is 317 g/mol. The Morgan fingerprint density at radius 1 is 1.33 bits per heavy atom. The Kier molecular flexibility index (Phi) is 6.61. The molecule has 0 heterocycles. The zero-order valence-electron chi connectivity index (χ0n) is 11.8. The summed E-state index contributed by atoms with van der Waals surface area (Å²) in [5.74, 6) is -3.05. The van der Waals surface area contributed by atoms with E-state index in [1.54, 1.807) is 13.8 Å². The standard InChI is InChI=1S/C14H17F2NO3S/c1-3-17(9(2)6-14(19)20)13(18)8-21-10-4-5-11(15)12(16)7-10/h4-5,7,9H,3,6,8H2,1-2H3,(H,19,20). The molecule has 1 rings (SSSR count). The lowest BCUT2D eigenvalue weighted by Gasteiger charge is -2.26. The molecule has 1 N–H and O–H groups in total. The third-order valence-electron chi connectivity index (χ3n) is 2.92. The van der Waals surface area contributed by atoms with Crippen LogP contribution < -0.4 is 0 Å². The minimum atomic E-state index is -0.970. The zero-order chi connectivity index (χ0) is 16.0. The Labute approximate surface area is 126 Å². The second-order valence-electron chi connectivity index (χ2n) is 4.49. The minimum Gasteiger partial charge on any atom is -0.481 e. The maximum absolute atomic E-state index is 13.1. The van der Waals surface area contributed by atoms with Gasteiger partial charge in [-0.3, -0.25) is 9.59 Å². The zero-order valence-corrected chi connectivity index (χ0v) is 12.6. The van der Waals surface area contributed by atoms with Gasteiger partial charge in [-0.05, 0) is 32.0 Å². The number of hydrogen-bond acceptors (Lipinski definition) is 3. The molecule has 0 saturated carbocycles. The normalized spacial score (nSPS) is 12.0. The second-order valence-corrected chi connectivity index (χ2v) is 5.54. The molecule has 116 valence electrons. The first-order chi connectivity index (χ1) is 9.85. The summed E-state index contributed by atoms with van der Waals surface area (Å²) in [6, 6.07) is 3.02. The van der Waals surface area contributed by atoms with Crippen molar-refractivity contribution < 1.29 is 23.5 Å². The number of amides is 1. The summed E-state index contributed by atoms with van der Waals surface area (Å²) in [6.45, 7) is 3.82. The van der Waals surface area contributed by atoms with E-state index in [2.05, 4.69) is 0 Å². The topological polar surface area (TPSA) is 57.6 Å². The van der Waals surface area contributed by atoms with Crippen molar-refractivity contribution in [3.63, 3.8) is 0 Å². The number of carboxylic acid groups (broad SMARTS) is 1. The van der Waals surface area contributed by atoms with E-state index in [-0.39, 0.29) is 18.1 Å². The molecule has 0 bridgehead atoms. The molecule has 0 fully saturated rings. The number of carbonyl (C=O) groups is 2. The highest BCUT2D eigenvalue weighted by molar-refractivity contribution is 8.00. The van der Waals surface area contributed by atoms with Crippen LogP contribution in [0.5, 0.6) is 0 Å². The fourth-order valence-corrected chi connectivity index (χ4v) is 2.70. The molecular formula is C14H17F2NO3S. The van der Waals surface area contributed by atoms with Crippen LogP contribution in [0.4, 0.5) is 8.78 Å². The molecule has 0 saturated heterocycles. The summed E-state index contributed by atoms with van der Waals surface area (Å²) >= 11 is 1.09. The van der Waals surface area contributed by atoms with Crippen LogP contribution in [0.15, 0.2) is 23.1 Å². The van der Waals surface area contributed by atoms with Crippen molar-refractivity contribution in [3.05, 3.63) is 29.8 Å². The van der Waals surface area contributed by atoms with Gasteiger partial charge in [-0.25, -0.2) is 8.78 Å². The van der Waals surface area contributed by atoms with E-state index in [4.69, 9.17) is 5.11 Å². The Hall–Kier alpha value is -1.63. The lowest BCUT2D eigenvalue weighted by molar-refractivity contribution is -0.139. The second kappa shape index (κ2) is 7.97. The maximum atomic E-state index is 13.1. The van der Waals surface area contributed by atoms with Gasteiger partial charge >= 0.3 is 5.97 Å². The van der Waals surface area contributed by atoms with E-state index in [1.165, 1.54) is 11.0 Å². The lowest BCUT2D eigenvalue weighted by Crippen LogP contribution is -2.40. The summed E-state index contributed by atoms with van der Waals surface area (Å²) in [5.41, 5.74) is 0. The Balaban J connectivity index is 2.61. The maximum Gasteiger partial charge on any atom is 0.305 e. The molecule has 7 heteroatoms. The van der Waals surface area contributed by atoms with Gasteiger partial charge < -0.3 is 10.0 Å². The molecule has 1 unspecified atom stereocenters. The van der Waals surface area contributed by atoms with Gasteiger partial charge in [-0.15, -0.1) is 11.8 Å². The Morgan fingerprint density at radius 2 is 2.00 bits per heavy atom. The van der Waals surface area contributed by atoms with Crippen LogP contribution in [-0.4, -0.2) is 40.2 Å². The lowest BCUT2D eigenvalue weighted by atomic mass is 10.2. The van der Waals surface area contributed by atoms with Gasteiger partial charge in [0.2, 0.25) is 5.91 Å². The quantitative estimate of drug-likeness (QED) is 0.786. The number of hydrogen-bond donors (Lipinski definition) is 1. The van der Waals surface area contributed by atoms with Crippen LogP contribution in [0.3, 0.4) is 0 Å². The van der Waals surface area contributed by atoms with Gasteiger partial charge in [0.1, 0.15) is 0 Å². The third kappa shape index (κ3) is 5.34. The molecule has 0 aliphatic heterocycles. The summed E-state index contributed by atoms with van der Waals surface area (Å²) in [5, 5.41) is 8.75. The van der Waals surface area contributed by atoms with Crippen molar-refractivity contribution in [3.8, 4) is 0 Å². The predicted octanol–water partition coefficient (Wildman–Crippen LogP) is 2.77. The van der Waals surface area contributed by atoms with Crippen LogP contribution in [-0.2, 0) is 9.59 Å². The molecule has 0 radical (unpaired) electrons. The summed E-state index contributed by atoms with van der Waals surface area (Å²) in [7, 11) is 0. The van der Waals surface area contributed by atoms with Crippen LogP contribution in [0.1, 0.15) is 20.3 Å². The van der Waals surface area contributed by atoms with Gasteiger partial charge in [0.25, 0.3) is 0 Å². The third-order valence-corrected chi connectivity index (χ3v) is 3.90. The number of halogens is 2. The van der Waals surface area contributed by atoms with Gasteiger partial charge in [-0.2, -0.15) is 0 Å². The van der Waals surface area contributed by atoms with Crippen molar-refractivity contribution in [2.75, 3.05) is 12.3 Å². The van der Waals surface area contributed by atoms with Crippen molar-refractivity contribution in [2.24, 2.45) is 0 Å². The van der Waals surface area contributed by atoms with Crippen LogP contribution in [0, 0.1) is 11.6 Å². The molecule has 21 heavy (non-hydrogen) atoms. The highest BCUT2D eigenvalue weighted by Gasteiger charge is 2.20. The van der Waals surface area contributed by atoms with Crippen molar-refractivity contribution in [1.82, 2.24) is 4.90 Å². The van der Waals surface area contributed by atoms with E-state index >= 15 is 0 Å². The number of nitrogens with zero attached hydrogens (tertiary/aromatic N) is 1. The first-order valence-electron chi connectivity index (χ1n) is 6.44. The number of benzene rings is 1. The van der Waals surface area contributed by atoms with Crippen LogP contribution in [0.25, 0.3) is 0 Å². The van der Waals surface area contributed by atoms with Crippen molar-refractivity contribution in [1.29, 1.82) is 0 Å². The van der Waals surface area contributed by atoms with E-state index < -0.39 is 23.6 Å². The number of aliphatic carboxylic acids is 1. The van der Waals surface area contributed by atoms with Gasteiger partial charge in [0.05, 0.1) is 12.2 Å². The highest BCUT2D eigenvalue weighted by atomic mass is 32.2. The summed E-state index contributed by atoms with van der Waals surface area (Å²) < 4.78 is 25.8. The summed E-state index contributed by atoms with van der Waals surface area (Å²) in [4.78, 5) is 24.7. The molecule has 1 amide bonds. The predicted molar refractivity (Wildman–Crippen MR) is 76.2 cm³/mol. The monoisotopic (exact) mass is 317 g/mol. The summed E-state index contributed by atoms with van der Waals surface area (Å²) in [6.07, 6.45) is -0.130. The average Bonchev–Trinajstić information content (AvgIpc) is 2.40. The molecule has 1 aromatic carbocycles. The Morgan fingerprint density at radius 3 is 2.52 bits per heavy atom. The van der Waals surface area contributed by atoms with Crippen molar-refractivity contribution >= 4 is 23.6 Å². The fourth-order valence-electron chi connectivity index (χ4n) is 1.89. The SMILES string of the molecule is CCN(C(=O)CSc1ccc(F)c(F)c1)C(C)CC(=O)O. The first kappa shape index (κ1) is 17.4. The van der Waals surface area contributed by atoms with E-state index in [1.807, 2.05) is 0 Å². The largest absolute Gasteiger partial charge is 0.481 e. The smallest absolute Gasteiger partial charge is 0.305 e. The van der Waals surface area contributed by atoms with E-state index in [0.29, 0.717) is 11.4 Å². The first-order valence-corrected chi connectivity index (χ1v) is 7.42. The van der Waals surface area contributed by atoms with Crippen molar-refractivity contribution in [2.45, 2.75) is 31.2 Å². The molecular weight excluding hydrogens is 300 g/mol. The van der Waals surface area contributed by atoms with Gasteiger partial charge in [-0.1, -0.05) is 0 Å². The Bertz CT molecular complexity index is 525. The number of thioether (sulfide) groups is 1. The van der Waals surface area contributed by atoms with Gasteiger partial charge in [0.15, 0.2) is 11.6 Å². The molecule has 4 nitrogen and oxygen atoms in total. The highest BCUT2D eigenvalue weighted by Crippen LogP contribution is 2.21. The molecule has 0 spiro atoms.